The van der Waals surface area contributed by atoms with Crippen molar-refractivity contribution in [3.63, 3.8) is 0 Å². The van der Waals surface area contributed by atoms with Gasteiger partial charge in [-0.05, 0) is 54.4 Å². The molecule has 3 aromatic rings. The topological polar surface area (TPSA) is 95.6 Å². The quantitative estimate of drug-likeness (QED) is 0.510. The van der Waals surface area contributed by atoms with Crippen molar-refractivity contribution in [2.45, 2.75) is 32.5 Å². The highest BCUT2D eigenvalue weighted by Crippen LogP contribution is 2.34. The summed E-state index contributed by atoms with van der Waals surface area (Å²) in [5.41, 5.74) is 2.70. The molecule has 0 saturated heterocycles. The number of hydrogen-bond acceptors (Lipinski definition) is 7. The van der Waals surface area contributed by atoms with Crippen LogP contribution >= 0.6 is 0 Å². The minimum atomic E-state index is -0.597. The first kappa shape index (κ1) is 24.3. The standard InChI is InChI=1S/C28H28N2O7/c1-4-23-28(32)30(14-17-5-7-25-26(9-17)36-16-35-25)15-19-10-20(6-8-24(19)37-23)29-27(31)18-11-21(33-2)13-22(12-18)34-3/h5-13,23H,4,14-16H2,1-3H3,(H,29,31)/t23-/m1/s1. The van der Waals surface area contributed by atoms with E-state index in [4.69, 9.17) is 23.7 Å². The zero-order valence-electron chi connectivity index (χ0n) is 20.9. The second kappa shape index (κ2) is 10.3. The summed E-state index contributed by atoms with van der Waals surface area (Å²) >= 11 is 0. The van der Waals surface area contributed by atoms with Gasteiger partial charge in [-0.2, -0.15) is 0 Å². The highest BCUT2D eigenvalue weighted by Gasteiger charge is 2.30. The van der Waals surface area contributed by atoms with Gasteiger partial charge in [0.15, 0.2) is 17.6 Å². The average molecular weight is 505 g/mol. The lowest BCUT2D eigenvalue weighted by atomic mass is 10.1. The van der Waals surface area contributed by atoms with Crippen LogP contribution in [0.2, 0.25) is 0 Å². The van der Waals surface area contributed by atoms with E-state index in [2.05, 4.69) is 5.32 Å². The Bertz CT molecular complexity index is 1320. The Balaban J connectivity index is 1.39. The van der Waals surface area contributed by atoms with Gasteiger partial charge in [-0.25, -0.2) is 0 Å². The number of ether oxygens (including phenoxy) is 5. The van der Waals surface area contributed by atoms with E-state index in [1.807, 2.05) is 31.2 Å². The van der Waals surface area contributed by atoms with Crippen LogP contribution in [0.3, 0.4) is 0 Å². The number of amides is 2. The van der Waals surface area contributed by atoms with Crippen LogP contribution in [0.1, 0.15) is 34.8 Å². The predicted octanol–water partition coefficient (Wildman–Crippen LogP) is 4.38. The summed E-state index contributed by atoms with van der Waals surface area (Å²) < 4.78 is 27.5. The van der Waals surface area contributed by atoms with E-state index in [1.54, 1.807) is 35.2 Å². The fraction of sp³-hybridized carbons (Fsp3) is 0.286. The molecule has 37 heavy (non-hydrogen) atoms. The van der Waals surface area contributed by atoms with Crippen LogP contribution in [-0.2, 0) is 17.9 Å². The van der Waals surface area contributed by atoms with E-state index in [0.29, 0.717) is 59.5 Å². The van der Waals surface area contributed by atoms with Gasteiger partial charge in [0.2, 0.25) is 6.79 Å². The van der Waals surface area contributed by atoms with E-state index < -0.39 is 6.10 Å². The van der Waals surface area contributed by atoms with Crippen LogP contribution in [0.5, 0.6) is 28.7 Å². The first-order valence-corrected chi connectivity index (χ1v) is 12.0. The normalized spacial score (nSPS) is 15.9. The minimum absolute atomic E-state index is 0.0922. The maximum Gasteiger partial charge on any atom is 0.264 e. The molecule has 5 rings (SSSR count). The molecule has 0 unspecified atom stereocenters. The number of methoxy groups -OCH3 is 2. The molecule has 9 nitrogen and oxygen atoms in total. The lowest BCUT2D eigenvalue weighted by molar-refractivity contribution is -0.139. The molecule has 0 bridgehead atoms. The molecule has 0 spiro atoms. The Kier molecular flexibility index (Phi) is 6.76. The van der Waals surface area contributed by atoms with Crippen LogP contribution in [0.25, 0.3) is 0 Å². The van der Waals surface area contributed by atoms with Crippen molar-refractivity contribution < 1.29 is 33.3 Å². The number of fused-ring (bicyclic) bond motifs is 2. The monoisotopic (exact) mass is 504 g/mol. The smallest absolute Gasteiger partial charge is 0.264 e. The Morgan fingerprint density at radius 1 is 0.973 bits per heavy atom. The predicted molar refractivity (Wildman–Crippen MR) is 135 cm³/mol. The Morgan fingerprint density at radius 3 is 2.43 bits per heavy atom. The maximum atomic E-state index is 13.3. The summed E-state index contributed by atoms with van der Waals surface area (Å²) in [7, 11) is 3.06. The van der Waals surface area contributed by atoms with Crippen molar-refractivity contribution in [2.24, 2.45) is 0 Å². The maximum absolute atomic E-state index is 13.3. The third kappa shape index (κ3) is 5.11. The van der Waals surface area contributed by atoms with Crippen LogP contribution in [0.4, 0.5) is 5.69 Å². The number of benzene rings is 3. The minimum Gasteiger partial charge on any atom is -0.497 e. The van der Waals surface area contributed by atoms with Crippen LogP contribution in [0.15, 0.2) is 54.6 Å². The van der Waals surface area contributed by atoms with Crippen LogP contribution in [0, 0.1) is 0 Å². The number of carbonyl (C=O) groups is 2. The van der Waals surface area contributed by atoms with E-state index in [0.717, 1.165) is 11.1 Å². The molecular formula is C28H28N2O7. The molecule has 0 saturated carbocycles. The van der Waals surface area contributed by atoms with Gasteiger partial charge >= 0.3 is 0 Å². The number of nitrogens with one attached hydrogen (secondary N) is 1. The number of anilines is 1. The van der Waals surface area contributed by atoms with Gasteiger partial charge in [-0.1, -0.05) is 13.0 Å². The molecule has 0 aliphatic carbocycles. The molecule has 9 heteroatoms. The molecule has 3 aromatic carbocycles. The molecule has 2 aliphatic rings. The summed E-state index contributed by atoms with van der Waals surface area (Å²) in [5, 5.41) is 2.92. The lowest BCUT2D eigenvalue weighted by Gasteiger charge is -2.23. The summed E-state index contributed by atoms with van der Waals surface area (Å²) in [4.78, 5) is 28.1. The van der Waals surface area contributed by atoms with Crippen molar-refractivity contribution in [3.8, 4) is 28.7 Å². The summed E-state index contributed by atoms with van der Waals surface area (Å²) in [5.74, 6) is 2.61. The molecule has 1 N–H and O–H groups in total. The lowest BCUT2D eigenvalue weighted by Crippen LogP contribution is -2.38. The number of hydrogen-bond donors (Lipinski definition) is 1. The van der Waals surface area contributed by atoms with Crippen molar-refractivity contribution in [1.82, 2.24) is 4.90 Å². The second-order valence-electron chi connectivity index (χ2n) is 8.77. The Morgan fingerprint density at radius 2 is 1.70 bits per heavy atom. The Labute approximate surface area is 214 Å². The van der Waals surface area contributed by atoms with Gasteiger partial charge < -0.3 is 33.9 Å². The molecule has 2 heterocycles. The third-order valence-corrected chi connectivity index (χ3v) is 6.33. The van der Waals surface area contributed by atoms with Crippen LogP contribution < -0.4 is 29.0 Å². The first-order chi connectivity index (χ1) is 18.0. The van der Waals surface area contributed by atoms with Gasteiger partial charge in [0.05, 0.1) is 14.2 Å². The summed E-state index contributed by atoms with van der Waals surface area (Å²) in [6.45, 7) is 2.83. The third-order valence-electron chi connectivity index (χ3n) is 6.33. The number of nitrogens with zero attached hydrogens (tertiary/aromatic N) is 1. The van der Waals surface area contributed by atoms with Crippen LogP contribution in [-0.4, -0.2) is 43.8 Å². The van der Waals surface area contributed by atoms with E-state index in [9.17, 15) is 9.59 Å². The van der Waals surface area contributed by atoms with Gasteiger partial charge in [0.25, 0.3) is 11.8 Å². The molecule has 192 valence electrons. The summed E-state index contributed by atoms with van der Waals surface area (Å²) in [6, 6.07) is 16.0. The molecular weight excluding hydrogens is 476 g/mol. The molecule has 2 amide bonds. The molecule has 2 aliphatic heterocycles. The summed E-state index contributed by atoms with van der Waals surface area (Å²) in [6.07, 6.45) is -0.0635. The molecule has 0 radical (unpaired) electrons. The fourth-order valence-electron chi connectivity index (χ4n) is 4.38. The second-order valence-corrected chi connectivity index (χ2v) is 8.77. The van der Waals surface area contributed by atoms with Crippen molar-refractivity contribution in [2.75, 3.05) is 26.3 Å². The highest BCUT2D eigenvalue weighted by atomic mass is 16.7. The van der Waals surface area contributed by atoms with Gasteiger partial charge in [0.1, 0.15) is 17.2 Å². The fourth-order valence-corrected chi connectivity index (χ4v) is 4.38. The Hall–Kier alpha value is -4.40. The average Bonchev–Trinajstić information content (AvgIpc) is 3.34. The first-order valence-electron chi connectivity index (χ1n) is 12.0. The van der Waals surface area contributed by atoms with E-state index >= 15 is 0 Å². The van der Waals surface area contributed by atoms with Gasteiger partial charge in [-0.3, -0.25) is 9.59 Å². The number of rotatable bonds is 7. The van der Waals surface area contributed by atoms with Crippen molar-refractivity contribution >= 4 is 17.5 Å². The van der Waals surface area contributed by atoms with Crippen molar-refractivity contribution in [1.29, 1.82) is 0 Å². The van der Waals surface area contributed by atoms with E-state index in [-0.39, 0.29) is 18.6 Å². The zero-order chi connectivity index (χ0) is 25.9. The molecule has 1 atom stereocenters. The zero-order valence-corrected chi connectivity index (χ0v) is 20.9. The molecule has 0 fully saturated rings. The highest BCUT2D eigenvalue weighted by molar-refractivity contribution is 6.05. The SMILES string of the molecule is CC[C@H]1Oc2ccc(NC(=O)c3cc(OC)cc(OC)c3)cc2CN(Cc2ccc3c(c2)OCO3)C1=O. The molecule has 0 aromatic heterocycles. The van der Waals surface area contributed by atoms with Crippen molar-refractivity contribution in [3.05, 3.63) is 71.3 Å². The van der Waals surface area contributed by atoms with Gasteiger partial charge in [0, 0.05) is 36.0 Å². The van der Waals surface area contributed by atoms with Gasteiger partial charge in [-0.15, -0.1) is 0 Å². The number of carbonyl (C=O) groups excluding carboxylic acids is 2. The van der Waals surface area contributed by atoms with E-state index in [1.165, 1.54) is 14.2 Å². The largest absolute Gasteiger partial charge is 0.497 e.